The molecule has 0 bridgehead atoms. The minimum atomic E-state index is -8.70. The summed E-state index contributed by atoms with van der Waals surface area (Å²) in [4.78, 5) is 11.6. The molecule has 23 heteroatoms. The van der Waals surface area contributed by atoms with E-state index in [1.54, 1.807) is 0 Å². The maximum Gasteiger partial charge on any atom is 0.460 e. The van der Waals surface area contributed by atoms with E-state index in [1.165, 1.54) is 5.32 Å². The number of amides is 1. The highest BCUT2D eigenvalue weighted by Crippen LogP contribution is 2.64. The van der Waals surface area contributed by atoms with Gasteiger partial charge >= 0.3 is 47.6 Å². The standard InChI is InChI=1S/C14H5Cl2F17N2OS/c15-3-4(35-37-5(3)16)6(36)34-2-1-7(17,18)8(19,20)9(21,22)10(23,24)11(25,26)12(27,28)13(29,30)14(31,32)33/h1-2H2,(H,34,36). The van der Waals surface area contributed by atoms with E-state index < -0.39 is 77.2 Å². The summed E-state index contributed by atoms with van der Waals surface area (Å²) < 4.78 is 227. The van der Waals surface area contributed by atoms with Gasteiger partial charge in [0.15, 0.2) is 5.69 Å². The minimum absolute atomic E-state index is 0.332. The molecular weight excluding hydrogens is 638 g/mol. The number of nitrogens with one attached hydrogen (secondary N) is 1. The Hall–Kier alpha value is -1.51. The summed E-state index contributed by atoms with van der Waals surface area (Å²) in [6.45, 7) is -1.87. The van der Waals surface area contributed by atoms with E-state index in [9.17, 15) is 79.4 Å². The highest BCUT2D eigenvalue weighted by atomic mass is 35.5. The van der Waals surface area contributed by atoms with E-state index in [-0.39, 0.29) is 4.34 Å². The molecule has 0 atom stereocenters. The van der Waals surface area contributed by atoms with Crippen LogP contribution >= 0.6 is 34.7 Å². The van der Waals surface area contributed by atoms with Crippen molar-refractivity contribution < 1.29 is 79.4 Å². The van der Waals surface area contributed by atoms with E-state index in [0.717, 1.165) is 0 Å². The molecule has 1 rings (SSSR count). The van der Waals surface area contributed by atoms with Gasteiger partial charge in [0, 0.05) is 13.0 Å². The van der Waals surface area contributed by atoms with E-state index >= 15 is 0 Å². The van der Waals surface area contributed by atoms with Crippen LogP contribution in [0.15, 0.2) is 0 Å². The summed E-state index contributed by atoms with van der Waals surface area (Å²) in [5, 5.41) is 0.667. The molecule has 0 fully saturated rings. The molecule has 3 nitrogen and oxygen atoms in total. The van der Waals surface area contributed by atoms with Crippen molar-refractivity contribution in [2.45, 2.75) is 54.1 Å². The normalized spacial score (nSPS) is 15.2. The molecule has 0 saturated heterocycles. The van der Waals surface area contributed by atoms with Gasteiger partial charge in [-0.25, -0.2) is 0 Å². The average molecular weight is 643 g/mol. The molecule has 0 aliphatic rings. The zero-order valence-electron chi connectivity index (χ0n) is 16.4. The first-order valence-electron chi connectivity index (χ1n) is 8.36. The van der Waals surface area contributed by atoms with E-state index in [0.29, 0.717) is 11.5 Å². The number of hydrogen-bond acceptors (Lipinski definition) is 3. The van der Waals surface area contributed by atoms with Gasteiger partial charge in [-0.3, -0.25) is 4.79 Å². The Morgan fingerprint density at radius 3 is 1.41 bits per heavy atom. The predicted molar refractivity (Wildman–Crippen MR) is 89.8 cm³/mol. The second kappa shape index (κ2) is 9.60. The maximum absolute atomic E-state index is 13.7. The molecule has 0 spiro atoms. The monoisotopic (exact) mass is 642 g/mol. The largest absolute Gasteiger partial charge is 0.460 e. The van der Waals surface area contributed by atoms with Crippen molar-refractivity contribution in [3.63, 3.8) is 0 Å². The predicted octanol–water partition coefficient (Wildman–Crippen LogP) is 7.58. The maximum atomic E-state index is 13.7. The molecule has 1 N–H and O–H groups in total. The van der Waals surface area contributed by atoms with Crippen LogP contribution in [-0.4, -0.2) is 64.5 Å². The second-order valence-electron chi connectivity index (χ2n) is 6.77. The molecule has 1 amide bonds. The van der Waals surface area contributed by atoms with Crippen LogP contribution in [0.1, 0.15) is 16.9 Å². The Morgan fingerprint density at radius 2 is 1.05 bits per heavy atom. The number of rotatable bonds is 10. The molecule has 1 heterocycles. The third kappa shape index (κ3) is 4.98. The third-order valence-corrected chi connectivity index (χ3v) is 5.94. The molecule has 0 saturated carbocycles. The minimum Gasteiger partial charge on any atom is -0.350 e. The number of hydrogen-bond donors (Lipinski definition) is 1. The highest BCUT2D eigenvalue weighted by molar-refractivity contribution is 7.11. The summed E-state index contributed by atoms with van der Waals surface area (Å²) >= 11 is 11.2. The van der Waals surface area contributed by atoms with Crippen LogP contribution in [-0.2, 0) is 0 Å². The summed E-state index contributed by atoms with van der Waals surface area (Å²) in [6.07, 6.45) is -10.6. The van der Waals surface area contributed by atoms with Gasteiger partial charge in [-0.2, -0.15) is 79.0 Å². The number of halogens is 19. The molecule has 37 heavy (non-hydrogen) atoms. The van der Waals surface area contributed by atoms with Crippen LogP contribution in [0.3, 0.4) is 0 Å². The molecule has 0 unspecified atom stereocenters. The summed E-state index contributed by atoms with van der Waals surface area (Å²) in [6, 6.07) is 0. The third-order valence-electron chi connectivity index (χ3n) is 4.32. The molecular formula is C14H5Cl2F17N2OS. The van der Waals surface area contributed by atoms with Gasteiger partial charge in [-0.1, -0.05) is 23.2 Å². The molecule has 1 aromatic rings. The van der Waals surface area contributed by atoms with Crippen LogP contribution < -0.4 is 5.32 Å². The Morgan fingerprint density at radius 1 is 0.676 bits per heavy atom. The average Bonchev–Trinajstić information content (AvgIpc) is 3.04. The molecule has 0 aromatic carbocycles. The summed E-state index contributed by atoms with van der Waals surface area (Å²) in [5.41, 5.74) is -0.837. The topological polar surface area (TPSA) is 42.0 Å². The van der Waals surface area contributed by atoms with Crippen LogP contribution in [0.5, 0.6) is 0 Å². The lowest BCUT2D eigenvalue weighted by molar-refractivity contribution is -0.461. The van der Waals surface area contributed by atoms with Gasteiger partial charge < -0.3 is 5.32 Å². The lowest BCUT2D eigenvalue weighted by Crippen LogP contribution is -2.74. The van der Waals surface area contributed by atoms with Gasteiger partial charge in [0.1, 0.15) is 9.36 Å². The van der Waals surface area contributed by atoms with Gasteiger partial charge in [0.05, 0.1) is 0 Å². The smallest absolute Gasteiger partial charge is 0.350 e. The van der Waals surface area contributed by atoms with Crippen LogP contribution in [0, 0.1) is 0 Å². The molecule has 0 aliphatic carbocycles. The SMILES string of the molecule is O=C(NCCC(F)(F)C(F)(F)C(F)(F)C(F)(F)C(F)(F)C(F)(F)C(F)(F)C(F)(F)F)c1nsc(Cl)c1Cl. The lowest BCUT2D eigenvalue weighted by Gasteiger charge is -2.42. The van der Waals surface area contributed by atoms with Gasteiger partial charge in [-0.15, -0.1) is 0 Å². The van der Waals surface area contributed by atoms with Crippen molar-refractivity contribution in [1.82, 2.24) is 9.69 Å². The zero-order chi connectivity index (χ0) is 29.8. The highest BCUT2D eigenvalue weighted by Gasteiger charge is 2.95. The Balaban J connectivity index is 3.31. The first-order valence-corrected chi connectivity index (χ1v) is 9.89. The van der Waals surface area contributed by atoms with E-state index in [4.69, 9.17) is 23.2 Å². The summed E-state index contributed by atoms with van der Waals surface area (Å²) in [5.74, 6) is -58.6. The quantitative estimate of drug-likeness (QED) is 0.268. The molecule has 0 radical (unpaired) electrons. The van der Waals surface area contributed by atoms with Crippen LogP contribution in [0.4, 0.5) is 74.6 Å². The van der Waals surface area contributed by atoms with Gasteiger partial charge in [-0.05, 0) is 11.5 Å². The first kappa shape index (κ1) is 33.5. The number of alkyl halides is 17. The van der Waals surface area contributed by atoms with Crippen LogP contribution in [0.25, 0.3) is 0 Å². The Bertz CT molecular complexity index is 1010. The first-order chi connectivity index (χ1) is 16.1. The zero-order valence-corrected chi connectivity index (χ0v) is 18.7. The number of nitrogens with zero attached hydrogens (tertiary/aromatic N) is 1. The van der Waals surface area contributed by atoms with Gasteiger partial charge in [0.25, 0.3) is 5.91 Å². The van der Waals surface area contributed by atoms with Gasteiger partial charge in [0.2, 0.25) is 0 Å². The Kier molecular flexibility index (Phi) is 8.69. The number of aromatic nitrogens is 1. The number of carbonyl (C=O) groups excluding carboxylic acids is 1. The number of carbonyl (C=O) groups is 1. The van der Waals surface area contributed by atoms with E-state index in [2.05, 4.69) is 4.37 Å². The second-order valence-corrected chi connectivity index (χ2v) is 8.53. The van der Waals surface area contributed by atoms with Crippen molar-refractivity contribution in [3.8, 4) is 0 Å². The van der Waals surface area contributed by atoms with Crippen molar-refractivity contribution in [2.75, 3.05) is 6.54 Å². The molecule has 1 aromatic heterocycles. The Labute approximate surface area is 206 Å². The van der Waals surface area contributed by atoms with Crippen LogP contribution in [0.2, 0.25) is 9.36 Å². The van der Waals surface area contributed by atoms with Crippen molar-refractivity contribution in [2.24, 2.45) is 0 Å². The fraction of sp³-hybridized carbons (Fsp3) is 0.714. The fourth-order valence-electron chi connectivity index (χ4n) is 2.17. The van der Waals surface area contributed by atoms with Crippen molar-refractivity contribution in [3.05, 3.63) is 15.1 Å². The summed E-state index contributed by atoms with van der Waals surface area (Å²) in [7, 11) is 0. The van der Waals surface area contributed by atoms with E-state index in [1.807, 2.05) is 0 Å². The fourth-order valence-corrected chi connectivity index (χ4v) is 3.17. The lowest BCUT2D eigenvalue weighted by atomic mass is 9.88. The molecule has 0 aliphatic heterocycles. The van der Waals surface area contributed by atoms with Crippen molar-refractivity contribution >= 4 is 40.6 Å². The van der Waals surface area contributed by atoms with Crippen molar-refractivity contribution in [1.29, 1.82) is 0 Å². The molecule has 216 valence electrons.